The second-order valence-corrected chi connectivity index (χ2v) is 7.88. The summed E-state index contributed by atoms with van der Waals surface area (Å²) in [5.41, 5.74) is 1.16. The number of para-hydroxylation sites is 1. The summed E-state index contributed by atoms with van der Waals surface area (Å²) in [5.74, 6) is -0.352. The van der Waals surface area contributed by atoms with E-state index >= 15 is 0 Å². The van der Waals surface area contributed by atoms with Crippen molar-refractivity contribution in [3.8, 4) is 0 Å². The summed E-state index contributed by atoms with van der Waals surface area (Å²) in [7, 11) is 0. The Morgan fingerprint density at radius 3 is 2.67 bits per heavy atom. The third-order valence-corrected chi connectivity index (χ3v) is 6.69. The number of hydrogen-bond donors (Lipinski definition) is 1. The van der Waals surface area contributed by atoms with Gasteiger partial charge in [-0.15, -0.1) is 11.8 Å². The Balaban J connectivity index is 1.81. The number of rotatable bonds is 4. The van der Waals surface area contributed by atoms with Crippen molar-refractivity contribution in [1.29, 1.82) is 0 Å². The highest BCUT2D eigenvalue weighted by molar-refractivity contribution is 8.01. The van der Waals surface area contributed by atoms with Crippen molar-refractivity contribution in [2.24, 2.45) is 0 Å². The first-order chi connectivity index (χ1) is 13.1. The van der Waals surface area contributed by atoms with Crippen molar-refractivity contribution in [3.63, 3.8) is 0 Å². The minimum Gasteiger partial charge on any atom is -0.465 e. The maximum Gasteiger partial charge on any atom is 0.320 e. The molecule has 1 fully saturated rings. The average Bonchev–Trinajstić information content (AvgIpc) is 3.15. The number of fused-ring (bicyclic) bond motifs is 2. The number of hydrogen-bond acceptors (Lipinski definition) is 5. The molecule has 27 heavy (non-hydrogen) atoms. The number of esters is 1. The number of aliphatic hydroxyl groups excluding tert-OH is 1. The molecule has 0 unspecified atom stereocenters. The smallest absolute Gasteiger partial charge is 0.320 e. The molecule has 0 saturated carbocycles. The van der Waals surface area contributed by atoms with E-state index in [1.165, 1.54) is 11.8 Å². The van der Waals surface area contributed by atoms with E-state index in [9.17, 15) is 14.7 Å². The minimum atomic E-state index is -1.29. The van der Waals surface area contributed by atoms with Gasteiger partial charge < -0.3 is 14.7 Å². The molecule has 140 valence electrons. The van der Waals surface area contributed by atoms with Gasteiger partial charge in [0.15, 0.2) is 0 Å². The molecule has 1 amide bonds. The molecular weight excluding hydrogens is 362 g/mol. The fourth-order valence-corrected chi connectivity index (χ4v) is 5.59. The Morgan fingerprint density at radius 1 is 1.22 bits per heavy atom. The lowest BCUT2D eigenvalue weighted by Gasteiger charge is -2.31. The van der Waals surface area contributed by atoms with Gasteiger partial charge in [0.1, 0.15) is 10.7 Å². The highest BCUT2D eigenvalue weighted by Crippen LogP contribution is 2.54. The van der Waals surface area contributed by atoms with E-state index in [4.69, 9.17) is 4.74 Å². The number of carbonyl (C=O) groups excluding carboxylic acids is 2. The summed E-state index contributed by atoms with van der Waals surface area (Å²) < 4.78 is 5.24. The quantitative estimate of drug-likeness (QED) is 0.822. The van der Waals surface area contributed by atoms with Crippen LogP contribution in [0.25, 0.3) is 0 Å². The van der Waals surface area contributed by atoms with Crippen LogP contribution in [0.5, 0.6) is 0 Å². The van der Waals surface area contributed by atoms with E-state index in [1.54, 1.807) is 11.8 Å². The van der Waals surface area contributed by atoms with Crippen molar-refractivity contribution < 1.29 is 19.4 Å². The van der Waals surface area contributed by atoms with Crippen LogP contribution in [0.1, 0.15) is 18.1 Å². The van der Waals surface area contributed by atoms with Crippen LogP contribution in [0.15, 0.2) is 54.6 Å². The molecule has 6 heteroatoms. The molecule has 1 saturated heterocycles. The van der Waals surface area contributed by atoms with Crippen molar-refractivity contribution in [3.05, 3.63) is 65.7 Å². The number of benzene rings is 2. The van der Waals surface area contributed by atoms with Crippen LogP contribution in [-0.2, 0) is 26.3 Å². The molecule has 2 aliphatic heterocycles. The third-order valence-electron chi connectivity index (χ3n) is 5.28. The fraction of sp³-hybridized carbons (Fsp3) is 0.333. The predicted octanol–water partition coefficient (Wildman–Crippen LogP) is 2.51. The fourth-order valence-electron chi connectivity index (χ4n) is 4.10. The molecule has 0 aliphatic carbocycles. The molecule has 0 bridgehead atoms. The average molecular weight is 383 g/mol. The lowest BCUT2D eigenvalue weighted by atomic mass is 9.74. The Morgan fingerprint density at radius 2 is 1.93 bits per heavy atom. The van der Waals surface area contributed by atoms with Crippen LogP contribution in [0, 0.1) is 0 Å². The van der Waals surface area contributed by atoms with E-state index in [0.29, 0.717) is 17.9 Å². The lowest BCUT2D eigenvalue weighted by molar-refractivity contribution is -0.147. The molecule has 0 aromatic heterocycles. The van der Waals surface area contributed by atoms with Gasteiger partial charge in [0.25, 0.3) is 0 Å². The summed E-state index contributed by atoms with van der Waals surface area (Å²) in [6.07, 6.45) is -0.939. The largest absolute Gasteiger partial charge is 0.465 e. The first-order valence-electron chi connectivity index (χ1n) is 9.02. The van der Waals surface area contributed by atoms with Crippen LogP contribution in [0.2, 0.25) is 0 Å². The Kier molecular flexibility index (Phi) is 4.70. The van der Waals surface area contributed by atoms with Gasteiger partial charge in [0, 0.05) is 11.4 Å². The summed E-state index contributed by atoms with van der Waals surface area (Å²) in [4.78, 5) is 28.0. The van der Waals surface area contributed by atoms with Gasteiger partial charge in [-0.2, -0.15) is 0 Å². The van der Waals surface area contributed by atoms with Gasteiger partial charge in [-0.05, 0) is 24.1 Å². The molecule has 2 heterocycles. The molecule has 1 spiro atoms. The van der Waals surface area contributed by atoms with Crippen LogP contribution in [-0.4, -0.2) is 40.7 Å². The molecular formula is C21H21NO4S. The van der Waals surface area contributed by atoms with Crippen LogP contribution in [0.4, 0.5) is 5.69 Å². The summed E-state index contributed by atoms with van der Waals surface area (Å²) >= 11 is 1.30. The summed E-state index contributed by atoms with van der Waals surface area (Å²) in [6.45, 7) is 2.38. The normalized spacial score (nSPS) is 26.4. The van der Waals surface area contributed by atoms with Gasteiger partial charge in [-0.3, -0.25) is 9.59 Å². The molecule has 1 N–H and O–H groups in total. The third kappa shape index (κ3) is 2.66. The number of ether oxygens (including phenoxy) is 1. The second kappa shape index (κ2) is 7.02. The number of amides is 1. The zero-order valence-corrected chi connectivity index (χ0v) is 15.8. The lowest BCUT2D eigenvalue weighted by Crippen LogP contribution is -2.54. The van der Waals surface area contributed by atoms with Gasteiger partial charge >= 0.3 is 5.97 Å². The van der Waals surface area contributed by atoms with Gasteiger partial charge in [0.05, 0.1) is 19.3 Å². The molecule has 2 aliphatic rings. The van der Waals surface area contributed by atoms with Crippen molar-refractivity contribution in [1.82, 2.24) is 0 Å². The second-order valence-electron chi connectivity index (χ2n) is 6.74. The van der Waals surface area contributed by atoms with Crippen molar-refractivity contribution in [2.75, 3.05) is 17.3 Å². The minimum absolute atomic E-state index is 0.233. The van der Waals surface area contributed by atoms with E-state index in [-0.39, 0.29) is 12.5 Å². The van der Waals surface area contributed by atoms with Crippen molar-refractivity contribution >= 4 is 29.3 Å². The number of thioether (sulfide) groups is 1. The molecule has 2 aromatic rings. The maximum absolute atomic E-state index is 13.7. The molecule has 4 rings (SSSR count). The molecule has 3 atom stereocenters. The zero-order valence-electron chi connectivity index (χ0n) is 15.0. The molecule has 5 nitrogen and oxygen atoms in total. The van der Waals surface area contributed by atoms with E-state index in [2.05, 4.69) is 0 Å². The first kappa shape index (κ1) is 18.1. The van der Waals surface area contributed by atoms with Crippen molar-refractivity contribution in [2.45, 2.75) is 30.2 Å². The number of carbonyl (C=O) groups is 2. The van der Waals surface area contributed by atoms with E-state index in [0.717, 1.165) is 11.3 Å². The van der Waals surface area contributed by atoms with Gasteiger partial charge in [-0.25, -0.2) is 0 Å². The summed E-state index contributed by atoms with van der Waals surface area (Å²) in [5, 5.41) is 10.1. The van der Waals surface area contributed by atoms with Gasteiger partial charge in [0.2, 0.25) is 5.91 Å². The van der Waals surface area contributed by atoms with Crippen LogP contribution >= 0.6 is 11.8 Å². The first-order valence-corrected chi connectivity index (χ1v) is 10.1. The van der Waals surface area contributed by atoms with Gasteiger partial charge in [-0.1, -0.05) is 48.5 Å². The Bertz CT molecular complexity index is 871. The maximum atomic E-state index is 13.7. The summed E-state index contributed by atoms with van der Waals surface area (Å²) in [6, 6.07) is 17.2. The Hall–Kier alpha value is -2.31. The number of anilines is 1. The zero-order chi connectivity index (χ0) is 19.0. The van der Waals surface area contributed by atoms with E-state index < -0.39 is 22.7 Å². The number of nitrogens with zero attached hydrogens (tertiary/aromatic N) is 1. The number of aliphatic hydroxyl groups is 1. The SMILES string of the molecule is CCOC(=O)[C@H]1SC[C@H](O)[C@]12C(=O)N(Cc1ccccc1)c1ccccc12. The predicted molar refractivity (Wildman–Crippen MR) is 105 cm³/mol. The highest BCUT2D eigenvalue weighted by Gasteiger charge is 2.65. The Labute approximate surface area is 162 Å². The topological polar surface area (TPSA) is 66.8 Å². The monoisotopic (exact) mass is 383 g/mol. The standard InChI is InChI=1S/C21H21NO4S/c1-2-26-19(24)18-21(17(23)13-27-18)15-10-6-7-11-16(15)22(20(21)25)12-14-8-4-3-5-9-14/h3-11,17-18,23H,2,12-13H2,1H3/t17-,18+,21-/m0/s1. The van der Waals surface area contributed by atoms with E-state index in [1.807, 2.05) is 54.6 Å². The van der Waals surface area contributed by atoms with Crippen LogP contribution in [0.3, 0.4) is 0 Å². The molecule has 2 aromatic carbocycles. The molecule has 0 radical (unpaired) electrons. The highest BCUT2D eigenvalue weighted by atomic mass is 32.2. The van der Waals surface area contributed by atoms with Crippen LogP contribution < -0.4 is 4.90 Å².